The van der Waals surface area contributed by atoms with Crippen LogP contribution in [0.2, 0.25) is 0 Å². The van der Waals surface area contributed by atoms with Gasteiger partial charge in [-0.15, -0.1) is 0 Å². The number of thiol groups is 1. The lowest BCUT2D eigenvalue weighted by Crippen LogP contribution is -2.29. The highest BCUT2D eigenvalue weighted by molar-refractivity contribution is 7.81. The lowest BCUT2D eigenvalue weighted by Gasteiger charge is -2.30. The Kier molecular flexibility index (Phi) is 3.45. The van der Waals surface area contributed by atoms with Crippen LogP contribution in [0, 0.1) is 0 Å². The third-order valence-corrected chi connectivity index (χ3v) is 3.54. The van der Waals surface area contributed by atoms with Gasteiger partial charge in [0.15, 0.2) is 0 Å². The molecule has 0 saturated heterocycles. The van der Waals surface area contributed by atoms with Crippen LogP contribution >= 0.6 is 12.6 Å². The van der Waals surface area contributed by atoms with Crippen LogP contribution in [0.5, 0.6) is 0 Å². The van der Waals surface area contributed by atoms with E-state index in [1.807, 2.05) is 32.9 Å². The first-order chi connectivity index (χ1) is 6.87. The fourth-order valence-electron chi connectivity index (χ4n) is 1.46. The van der Waals surface area contributed by atoms with Gasteiger partial charge in [0, 0.05) is 10.7 Å². The lowest BCUT2D eigenvalue weighted by molar-refractivity contribution is 0.0694. The Morgan fingerprint density at radius 1 is 1.40 bits per heavy atom. The van der Waals surface area contributed by atoms with Crippen molar-refractivity contribution >= 4 is 18.6 Å². The zero-order chi connectivity index (χ0) is 11.6. The van der Waals surface area contributed by atoms with Gasteiger partial charge in [0.25, 0.3) is 0 Å². The zero-order valence-electron chi connectivity index (χ0n) is 9.19. The number of benzene rings is 1. The van der Waals surface area contributed by atoms with Crippen LogP contribution in [0.15, 0.2) is 24.3 Å². The van der Waals surface area contributed by atoms with E-state index in [-0.39, 0.29) is 10.7 Å². The van der Waals surface area contributed by atoms with Crippen molar-refractivity contribution in [3.8, 4) is 0 Å². The van der Waals surface area contributed by atoms with Crippen molar-refractivity contribution in [2.75, 3.05) is 0 Å². The first-order valence-corrected chi connectivity index (χ1v) is 5.40. The summed E-state index contributed by atoms with van der Waals surface area (Å²) in [6, 6.07) is 7.09. The van der Waals surface area contributed by atoms with E-state index in [0.717, 1.165) is 5.56 Å². The minimum absolute atomic E-state index is 0.0954. The van der Waals surface area contributed by atoms with Crippen molar-refractivity contribution in [2.45, 2.75) is 31.4 Å². The number of hydrogen-bond acceptors (Lipinski definition) is 2. The van der Waals surface area contributed by atoms with E-state index in [0.29, 0.717) is 5.56 Å². The summed E-state index contributed by atoms with van der Waals surface area (Å²) in [5.41, 5.74) is 0.946. The Balaban J connectivity index is 3.31. The lowest BCUT2D eigenvalue weighted by atomic mass is 9.79. The van der Waals surface area contributed by atoms with E-state index in [2.05, 4.69) is 12.6 Å². The second-order valence-corrected chi connectivity index (χ2v) is 5.02. The monoisotopic (exact) mass is 224 g/mol. The van der Waals surface area contributed by atoms with Gasteiger partial charge in [-0.3, -0.25) is 0 Å². The second kappa shape index (κ2) is 4.27. The van der Waals surface area contributed by atoms with Gasteiger partial charge in [-0.1, -0.05) is 39.0 Å². The first-order valence-electron chi connectivity index (χ1n) is 4.88. The molecular weight excluding hydrogens is 208 g/mol. The van der Waals surface area contributed by atoms with E-state index in [9.17, 15) is 4.79 Å². The highest BCUT2D eigenvalue weighted by Gasteiger charge is 2.29. The highest BCUT2D eigenvalue weighted by Crippen LogP contribution is 2.32. The molecule has 0 spiro atoms. The average molecular weight is 224 g/mol. The average Bonchev–Trinajstić information content (AvgIpc) is 2.17. The van der Waals surface area contributed by atoms with Gasteiger partial charge in [0.1, 0.15) is 0 Å². The van der Waals surface area contributed by atoms with Gasteiger partial charge < -0.3 is 5.11 Å². The summed E-state index contributed by atoms with van der Waals surface area (Å²) < 4.78 is 0. The molecule has 1 aromatic rings. The number of hydrogen-bond donors (Lipinski definition) is 2. The van der Waals surface area contributed by atoms with Gasteiger partial charge in [-0.05, 0) is 11.6 Å². The summed E-state index contributed by atoms with van der Waals surface area (Å²) in [5, 5.41) is 9.18. The molecule has 3 heteroatoms. The molecule has 15 heavy (non-hydrogen) atoms. The molecule has 82 valence electrons. The van der Waals surface area contributed by atoms with Crippen LogP contribution < -0.4 is 0 Å². The summed E-state index contributed by atoms with van der Waals surface area (Å²) in [7, 11) is 0. The molecule has 0 aliphatic carbocycles. The molecular formula is C12H16O2S. The van der Waals surface area contributed by atoms with Gasteiger partial charge in [-0.25, -0.2) is 4.79 Å². The smallest absolute Gasteiger partial charge is 0.335 e. The van der Waals surface area contributed by atoms with Crippen LogP contribution in [-0.2, 0) is 5.41 Å². The van der Waals surface area contributed by atoms with E-state index in [1.165, 1.54) is 0 Å². The molecule has 0 aliphatic heterocycles. The standard InChI is InChI=1S/C12H16O2S/c1-8(15)12(2,3)10-7-5-4-6-9(10)11(13)14/h4-8,15H,1-3H3,(H,13,14). The Labute approximate surface area is 95.7 Å². The number of aromatic carboxylic acids is 1. The maximum Gasteiger partial charge on any atom is 0.335 e. The molecule has 2 nitrogen and oxygen atoms in total. The van der Waals surface area contributed by atoms with Gasteiger partial charge in [0.2, 0.25) is 0 Å². The topological polar surface area (TPSA) is 37.3 Å². The molecule has 0 radical (unpaired) electrons. The summed E-state index contributed by atoms with van der Waals surface area (Å²) in [6.45, 7) is 5.99. The SMILES string of the molecule is CC(S)C(C)(C)c1ccccc1C(=O)O. The van der Waals surface area contributed by atoms with Crippen LogP contribution in [-0.4, -0.2) is 16.3 Å². The normalized spacial score (nSPS) is 13.6. The predicted molar refractivity (Wildman–Crippen MR) is 64.9 cm³/mol. The zero-order valence-corrected chi connectivity index (χ0v) is 10.1. The molecule has 0 aliphatic rings. The predicted octanol–water partition coefficient (Wildman–Crippen LogP) is 2.98. The summed E-state index contributed by atoms with van der Waals surface area (Å²) in [5.74, 6) is -0.882. The van der Waals surface area contributed by atoms with Gasteiger partial charge in [-0.2, -0.15) is 12.6 Å². The van der Waals surface area contributed by atoms with Crippen LogP contribution in [0.25, 0.3) is 0 Å². The van der Waals surface area contributed by atoms with Crippen LogP contribution in [0.4, 0.5) is 0 Å². The third-order valence-electron chi connectivity index (χ3n) is 2.90. The molecule has 0 bridgehead atoms. The van der Waals surface area contributed by atoms with E-state index >= 15 is 0 Å². The maximum atomic E-state index is 11.1. The molecule has 0 heterocycles. The quantitative estimate of drug-likeness (QED) is 0.774. The highest BCUT2D eigenvalue weighted by atomic mass is 32.1. The largest absolute Gasteiger partial charge is 0.478 e. The van der Waals surface area contributed by atoms with Crippen molar-refractivity contribution in [2.24, 2.45) is 0 Å². The number of carboxylic acid groups (broad SMARTS) is 1. The van der Waals surface area contributed by atoms with Crippen molar-refractivity contribution in [3.05, 3.63) is 35.4 Å². The number of rotatable bonds is 3. The van der Waals surface area contributed by atoms with Crippen molar-refractivity contribution < 1.29 is 9.90 Å². The number of carbonyl (C=O) groups is 1. The van der Waals surface area contributed by atoms with Crippen LogP contribution in [0.3, 0.4) is 0 Å². The van der Waals surface area contributed by atoms with E-state index in [1.54, 1.807) is 12.1 Å². The minimum Gasteiger partial charge on any atom is -0.478 e. The molecule has 1 N–H and O–H groups in total. The Bertz CT molecular complexity index is 370. The molecule has 0 saturated carbocycles. The number of carboxylic acids is 1. The molecule has 1 rings (SSSR count). The van der Waals surface area contributed by atoms with E-state index < -0.39 is 5.97 Å². The fraction of sp³-hybridized carbons (Fsp3) is 0.417. The summed E-state index contributed by atoms with van der Waals surface area (Å²) >= 11 is 4.41. The maximum absolute atomic E-state index is 11.1. The summed E-state index contributed by atoms with van der Waals surface area (Å²) in [6.07, 6.45) is 0. The fourth-order valence-corrected chi connectivity index (χ4v) is 1.60. The van der Waals surface area contributed by atoms with Crippen molar-refractivity contribution in [1.29, 1.82) is 0 Å². The third kappa shape index (κ3) is 2.34. The van der Waals surface area contributed by atoms with Crippen molar-refractivity contribution in [3.63, 3.8) is 0 Å². The first kappa shape index (κ1) is 12.1. The molecule has 0 aromatic heterocycles. The Hall–Kier alpha value is -0.960. The molecule has 0 amide bonds. The van der Waals surface area contributed by atoms with Crippen molar-refractivity contribution in [1.82, 2.24) is 0 Å². The van der Waals surface area contributed by atoms with E-state index in [4.69, 9.17) is 5.11 Å². The van der Waals surface area contributed by atoms with Gasteiger partial charge >= 0.3 is 5.97 Å². The molecule has 1 atom stereocenters. The Morgan fingerprint density at radius 3 is 2.40 bits per heavy atom. The summed E-state index contributed by atoms with van der Waals surface area (Å²) in [4.78, 5) is 11.1. The van der Waals surface area contributed by atoms with Gasteiger partial charge in [0.05, 0.1) is 5.56 Å². The second-order valence-electron chi connectivity index (χ2n) is 4.25. The van der Waals surface area contributed by atoms with Crippen LogP contribution in [0.1, 0.15) is 36.7 Å². The molecule has 0 fully saturated rings. The molecule has 1 unspecified atom stereocenters. The Morgan fingerprint density at radius 2 is 1.93 bits per heavy atom. The molecule has 1 aromatic carbocycles. The minimum atomic E-state index is -0.882.